The maximum Gasteiger partial charge on any atom is 0.176 e. The molecular formula is C11H8Cl2N4. The molecule has 3 heterocycles. The summed E-state index contributed by atoms with van der Waals surface area (Å²) in [6.07, 6.45) is 5.21. The summed E-state index contributed by atoms with van der Waals surface area (Å²) in [6.45, 7) is 0. The first-order valence-electron chi connectivity index (χ1n) is 5.02. The molecule has 0 spiro atoms. The Kier molecular flexibility index (Phi) is 2.53. The van der Waals surface area contributed by atoms with Gasteiger partial charge in [0.15, 0.2) is 5.82 Å². The smallest absolute Gasteiger partial charge is 0.176 e. The highest BCUT2D eigenvalue weighted by Gasteiger charge is 2.13. The van der Waals surface area contributed by atoms with Crippen molar-refractivity contribution in [3.05, 3.63) is 47.5 Å². The molecular weight excluding hydrogens is 259 g/mol. The second-order valence-corrected chi connectivity index (χ2v) is 4.25. The Bertz CT molecular complexity index is 671. The van der Waals surface area contributed by atoms with E-state index in [0.29, 0.717) is 16.7 Å². The molecule has 0 unspecified atom stereocenters. The van der Waals surface area contributed by atoms with E-state index < -0.39 is 0 Å². The molecule has 6 heteroatoms. The zero-order valence-corrected chi connectivity index (χ0v) is 10.2. The summed E-state index contributed by atoms with van der Waals surface area (Å²) in [5, 5.41) is 4.71. The van der Waals surface area contributed by atoms with Crippen LogP contribution < -0.4 is 0 Å². The number of hydrogen-bond acceptors (Lipinski definition) is 2. The fourth-order valence-electron chi connectivity index (χ4n) is 1.76. The van der Waals surface area contributed by atoms with E-state index in [1.165, 1.54) is 0 Å². The third kappa shape index (κ3) is 1.69. The fourth-order valence-corrected chi connectivity index (χ4v) is 2.14. The molecule has 3 aromatic heterocycles. The minimum Gasteiger partial charge on any atom is -0.301 e. The third-order valence-corrected chi connectivity index (χ3v) is 2.95. The van der Waals surface area contributed by atoms with Gasteiger partial charge >= 0.3 is 0 Å². The van der Waals surface area contributed by atoms with Gasteiger partial charge in [0.25, 0.3) is 0 Å². The molecule has 0 amide bonds. The molecule has 0 aromatic carbocycles. The average Bonchev–Trinajstić information content (AvgIpc) is 2.91. The lowest BCUT2D eigenvalue weighted by molar-refractivity contribution is 0.843. The number of fused-ring (bicyclic) bond motifs is 1. The van der Waals surface area contributed by atoms with Crippen molar-refractivity contribution in [1.29, 1.82) is 0 Å². The normalized spacial score (nSPS) is 11.2. The molecule has 0 fully saturated rings. The molecule has 86 valence electrons. The first-order valence-corrected chi connectivity index (χ1v) is 5.93. The lowest BCUT2D eigenvalue weighted by atomic mass is 10.4. The summed E-state index contributed by atoms with van der Waals surface area (Å²) < 4.78 is 3.57. The Hall–Kier alpha value is -1.52. The highest BCUT2D eigenvalue weighted by Crippen LogP contribution is 2.19. The van der Waals surface area contributed by atoms with E-state index in [-0.39, 0.29) is 0 Å². The number of aromatic nitrogens is 4. The first-order chi connectivity index (χ1) is 8.29. The number of rotatable bonds is 2. The van der Waals surface area contributed by atoms with E-state index in [1.54, 1.807) is 17.1 Å². The highest BCUT2D eigenvalue weighted by atomic mass is 35.5. The average molecular weight is 267 g/mol. The van der Waals surface area contributed by atoms with Crippen LogP contribution in [0.1, 0.15) is 5.69 Å². The highest BCUT2D eigenvalue weighted by molar-refractivity contribution is 6.30. The quantitative estimate of drug-likeness (QED) is 0.669. The molecule has 0 aliphatic rings. The van der Waals surface area contributed by atoms with Crippen LogP contribution in [0.4, 0.5) is 0 Å². The summed E-state index contributed by atoms with van der Waals surface area (Å²) in [6, 6.07) is 5.79. The fraction of sp³-hybridized carbons (Fsp3) is 0.0909. The summed E-state index contributed by atoms with van der Waals surface area (Å²) >= 11 is 11.8. The van der Waals surface area contributed by atoms with Gasteiger partial charge in [-0.3, -0.25) is 0 Å². The van der Waals surface area contributed by atoms with Gasteiger partial charge < -0.3 is 4.40 Å². The van der Waals surface area contributed by atoms with E-state index in [0.717, 1.165) is 11.3 Å². The van der Waals surface area contributed by atoms with Crippen LogP contribution >= 0.6 is 23.2 Å². The molecule has 0 saturated heterocycles. The van der Waals surface area contributed by atoms with Crippen LogP contribution in [0, 0.1) is 0 Å². The Morgan fingerprint density at radius 3 is 2.88 bits per heavy atom. The number of nitrogens with zero attached hydrogens (tertiary/aromatic N) is 4. The van der Waals surface area contributed by atoms with Gasteiger partial charge in [-0.1, -0.05) is 17.7 Å². The molecule has 3 aromatic rings. The zero-order valence-electron chi connectivity index (χ0n) is 8.72. The molecule has 4 nitrogen and oxygen atoms in total. The van der Waals surface area contributed by atoms with Crippen LogP contribution in [0.15, 0.2) is 36.8 Å². The maximum absolute atomic E-state index is 5.97. The Labute approximate surface area is 107 Å². The standard InChI is InChI=1S/C11H8Cl2N4/c12-5-9-11(17-7-8(13)6-14-17)15-10-3-1-2-4-16(9)10/h1-4,6-7H,5H2. The summed E-state index contributed by atoms with van der Waals surface area (Å²) in [4.78, 5) is 4.49. The molecule has 0 aliphatic heterocycles. The van der Waals surface area contributed by atoms with Gasteiger partial charge in [0, 0.05) is 6.20 Å². The minimum atomic E-state index is 0.359. The van der Waals surface area contributed by atoms with Gasteiger partial charge in [-0.15, -0.1) is 11.6 Å². The monoisotopic (exact) mass is 266 g/mol. The van der Waals surface area contributed by atoms with Crippen LogP contribution in [0.5, 0.6) is 0 Å². The van der Waals surface area contributed by atoms with Crippen molar-refractivity contribution < 1.29 is 0 Å². The van der Waals surface area contributed by atoms with Crippen LogP contribution in [0.25, 0.3) is 11.5 Å². The lowest BCUT2D eigenvalue weighted by Gasteiger charge is -2.00. The SMILES string of the molecule is ClCc1c(-n2cc(Cl)cn2)nc2ccccn12. The van der Waals surface area contributed by atoms with Crippen LogP contribution in [0.3, 0.4) is 0 Å². The first kappa shape index (κ1) is 10.6. The van der Waals surface area contributed by atoms with Crippen molar-refractivity contribution in [2.75, 3.05) is 0 Å². The van der Waals surface area contributed by atoms with Gasteiger partial charge in [0.05, 0.1) is 29.0 Å². The van der Waals surface area contributed by atoms with Crippen molar-refractivity contribution in [3.63, 3.8) is 0 Å². The van der Waals surface area contributed by atoms with Gasteiger partial charge in [-0.05, 0) is 12.1 Å². The molecule has 0 bridgehead atoms. The second-order valence-electron chi connectivity index (χ2n) is 3.55. The number of pyridine rings is 1. The molecule has 0 radical (unpaired) electrons. The van der Waals surface area contributed by atoms with Crippen molar-refractivity contribution in [2.24, 2.45) is 0 Å². The summed E-state index contributed by atoms with van der Waals surface area (Å²) in [5.41, 5.74) is 1.73. The number of halogens is 2. The third-order valence-electron chi connectivity index (χ3n) is 2.50. The van der Waals surface area contributed by atoms with E-state index >= 15 is 0 Å². The summed E-state index contributed by atoms with van der Waals surface area (Å²) in [7, 11) is 0. The molecule has 0 atom stereocenters. The van der Waals surface area contributed by atoms with Crippen molar-refractivity contribution in [2.45, 2.75) is 5.88 Å². The van der Waals surface area contributed by atoms with Gasteiger partial charge in [0.1, 0.15) is 5.65 Å². The van der Waals surface area contributed by atoms with E-state index in [4.69, 9.17) is 23.2 Å². The topological polar surface area (TPSA) is 35.1 Å². The summed E-state index contributed by atoms with van der Waals surface area (Å²) in [5.74, 6) is 1.07. The van der Waals surface area contributed by atoms with E-state index in [1.807, 2.05) is 28.8 Å². The lowest BCUT2D eigenvalue weighted by Crippen LogP contribution is -1.99. The predicted octanol–water partition coefficient (Wildman–Crippen LogP) is 2.91. The molecule has 0 aliphatic carbocycles. The molecule has 17 heavy (non-hydrogen) atoms. The maximum atomic E-state index is 5.97. The Balaban J connectivity index is 2.29. The molecule has 0 N–H and O–H groups in total. The van der Waals surface area contributed by atoms with Crippen LogP contribution in [-0.2, 0) is 5.88 Å². The largest absolute Gasteiger partial charge is 0.301 e. The van der Waals surface area contributed by atoms with Gasteiger partial charge in [0.2, 0.25) is 0 Å². The zero-order chi connectivity index (χ0) is 11.8. The number of alkyl halides is 1. The van der Waals surface area contributed by atoms with E-state index in [9.17, 15) is 0 Å². The van der Waals surface area contributed by atoms with Crippen molar-refractivity contribution in [3.8, 4) is 5.82 Å². The van der Waals surface area contributed by atoms with Gasteiger partial charge in [-0.2, -0.15) is 5.10 Å². The Morgan fingerprint density at radius 2 is 2.18 bits per heavy atom. The molecule has 3 rings (SSSR count). The number of imidazole rings is 1. The number of hydrogen-bond donors (Lipinski definition) is 0. The van der Waals surface area contributed by atoms with Crippen LogP contribution in [0.2, 0.25) is 5.02 Å². The van der Waals surface area contributed by atoms with Crippen LogP contribution in [-0.4, -0.2) is 19.2 Å². The molecule has 0 saturated carbocycles. The second kappa shape index (κ2) is 4.05. The Morgan fingerprint density at radius 1 is 1.29 bits per heavy atom. The minimum absolute atomic E-state index is 0.359. The predicted molar refractivity (Wildman–Crippen MR) is 66.9 cm³/mol. The van der Waals surface area contributed by atoms with Crippen molar-refractivity contribution >= 4 is 28.8 Å². The van der Waals surface area contributed by atoms with Gasteiger partial charge in [-0.25, -0.2) is 9.67 Å². The van der Waals surface area contributed by atoms with Crippen molar-refractivity contribution in [1.82, 2.24) is 19.2 Å². The van der Waals surface area contributed by atoms with E-state index in [2.05, 4.69) is 10.1 Å².